The van der Waals surface area contributed by atoms with E-state index in [1.165, 1.54) is 0 Å². The first-order valence-corrected chi connectivity index (χ1v) is 9.12. The number of amides is 1. The van der Waals surface area contributed by atoms with Crippen LogP contribution in [0.15, 0.2) is 24.3 Å². The quantitative estimate of drug-likeness (QED) is 0.793. The molecule has 2 saturated heterocycles. The molecule has 2 aliphatic rings. The molecule has 1 aromatic carbocycles. The molecule has 0 spiro atoms. The lowest BCUT2D eigenvalue weighted by atomic mass is 9.73. The highest BCUT2D eigenvalue weighted by molar-refractivity contribution is 5.79. The van der Waals surface area contributed by atoms with Gasteiger partial charge in [-0.25, -0.2) is 0 Å². The van der Waals surface area contributed by atoms with Crippen LogP contribution in [0.1, 0.15) is 30.4 Å². The maximum absolute atomic E-state index is 12.8. The van der Waals surface area contributed by atoms with E-state index in [-0.39, 0.29) is 17.4 Å². The highest BCUT2D eigenvalue weighted by Gasteiger charge is 2.46. The zero-order chi connectivity index (χ0) is 17.7. The lowest BCUT2D eigenvalue weighted by molar-refractivity contribution is -0.161. The van der Waals surface area contributed by atoms with Crippen LogP contribution in [0.3, 0.4) is 0 Å². The molecular weight excluding hydrogens is 318 g/mol. The Morgan fingerprint density at radius 3 is 2.72 bits per heavy atom. The molecule has 2 fully saturated rings. The van der Waals surface area contributed by atoms with Crippen LogP contribution in [-0.2, 0) is 32.0 Å². The third-order valence-electron chi connectivity index (χ3n) is 5.46. The van der Waals surface area contributed by atoms with Gasteiger partial charge in [-0.1, -0.05) is 24.3 Å². The van der Waals surface area contributed by atoms with Crippen molar-refractivity contribution < 1.29 is 19.0 Å². The van der Waals surface area contributed by atoms with Gasteiger partial charge in [0.25, 0.3) is 0 Å². The van der Waals surface area contributed by atoms with Gasteiger partial charge in [0.05, 0.1) is 25.7 Å². The topological polar surface area (TPSA) is 48.0 Å². The number of piperidine rings is 1. The number of nitrogens with zero attached hydrogens (tertiary/aromatic N) is 1. The number of fused-ring (bicyclic) bond motifs is 1. The van der Waals surface area contributed by atoms with Crippen molar-refractivity contribution in [3.63, 3.8) is 0 Å². The van der Waals surface area contributed by atoms with Gasteiger partial charge in [0.2, 0.25) is 5.91 Å². The molecule has 0 aliphatic carbocycles. The van der Waals surface area contributed by atoms with Gasteiger partial charge < -0.3 is 19.1 Å². The lowest BCUT2D eigenvalue weighted by Crippen LogP contribution is -2.58. The van der Waals surface area contributed by atoms with Crippen LogP contribution >= 0.6 is 0 Å². The predicted molar refractivity (Wildman–Crippen MR) is 95.3 cm³/mol. The number of hydrogen-bond donors (Lipinski definition) is 0. The second kappa shape index (κ2) is 8.30. The number of hydrogen-bond acceptors (Lipinski definition) is 4. The normalized spacial score (nSPS) is 26.3. The Morgan fingerprint density at radius 2 is 2.00 bits per heavy atom. The Kier molecular flexibility index (Phi) is 6.10. The van der Waals surface area contributed by atoms with Gasteiger partial charge in [0.15, 0.2) is 0 Å². The fraction of sp³-hybridized carbons (Fsp3) is 0.650. The Labute approximate surface area is 150 Å². The molecule has 5 heteroatoms. The van der Waals surface area contributed by atoms with Crippen LogP contribution in [0.5, 0.6) is 0 Å². The fourth-order valence-electron chi connectivity index (χ4n) is 4.21. The smallest absolute Gasteiger partial charge is 0.227 e. The first-order chi connectivity index (χ1) is 12.2. The molecular formula is C20H29NO4. The summed E-state index contributed by atoms with van der Waals surface area (Å²) in [5, 5.41) is 0. The van der Waals surface area contributed by atoms with Crippen molar-refractivity contribution in [2.45, 2.75) is 38.4 Å². The zero-order valence-electron chi connectivity index (χ0n) is 15.3. The first kappa shape index (κ1) is 18.4. The number of likely N-dealkylation sites (tertiary alicyclic amines) is 1. The minimum atomic E-state index is -0.0385. The van der Waals surface area contributed by atoms with Crippen molar-refractivity contribution in [2.24, 2.45) is 5.41 Å². The standard InChI is InChI=1S/C20H29NO4/c1-23-13-17-6-4-16(5-7-17)12-19(22)21-10-8-18-20(14-21,15-24-2)9-3-11-25-18/h4-7,18H,3,8-15H2,1-2H3/t18-,20-/m0/s1. The van der Waals surface area contributed by atoms with E-state index in [0.29, 0.717) is 19.6 Å². The third kappa shape index (κ3) is 4.22. The second-order valence-corrected chi connectivity index (χ2v) is 7.29. The summed E-state index contributed by atoms with van der Waals surface area (Å²) in [7, 11) is 3.43. The summed E-state index contributed by atoms with van der Waals surface area (Å²) in [6.07, 6.45) is 3.69. The van der Waals surface area contributed by atoms with E-state index >= 15 is 0 Å². The van der Waals surface area contributed by atoms with Crippen molar-refractivity contribution in [3.8, 4) is 0 Å². The summed E-state index contributed by atoms with van der Waals surface area (Å²) >= 11 is 0. The first-order valence-electron chi connectivity index (χ1n) is 9.12. The maximum atomic E-state index is 12.8. The molecule has 0 bridgehead atoms. The Morgan fingerprint density at radius 1 is 1.24 bits per heavy atom. The number of benzene rings is 1. The highest BCUT2D eigenvalue weighted by atomic mass is 16.5. The SMILES string of the molecule is COCc1ccc(CC(=O)N2CC[C@@H]3OCCC[C@@]3(COC)C2)cc1. The molecule has 2 heterocycles. The average Bonchev–Trinajstić information content (AvgIpc) is 2.63. The summed E-state index contributed by atoms with van der Waals surface area (Å²) < 4.78 is 16.6. The Balaban J connectivity index is 1.63. The number of carbonyl (C=O) groups is 1. The summed E-state index contributed by atoms with van der Waals surface area (Å²) in [6.45, 7) is 3.61. The lowest BCUT2D eigenvalue weighted by Gasteiger charge is -2.50. The minimum Gasteiger partial charge on any atom is -0.384 e. The highest BCUT2D eigenvalue weighted by Crippen LogP contribution is 2.40. The fourth-order valence-corrected chi connectivity index (χ4v) is 4.21. The molecule has 5 nitrogen and oxygen atoms in total. The van der Waals surface area contributed by atoms with Gasteiger partial charge in [0.1, 0.15) is 0 Å². The van der Waals surface area contributed by atoms with Crippen LogP contribution in [0.4, 0.5) is 0 Å². The number of rotatable bonds is 6. The van der Waals surface area contributed by atoms with Crippen LogP contribution in [0.2, 0.25) is 0 Å². The second-order valence-electron chi connectivity index (χ2n) is 7.29. The molecule has 0 N–H and O–H groups in total. The molecule has 0 unspecified atom stereocenters. The van der Waals surface area contributed by atoms with Crippen LogP contribution in [-0.4, -0.2) is 57.4 Å². The molecule has 1 amide bonds. The molecule has 2 atom stereocenters. The maximum Gasteiger partial charge on any atom is 0.227 e. The molecule has 2 aliphatic heterocycles. The largest absolute Gasteiger partial charge is 0.384 e. The van der Waals surface area contributed by atoms with E-state index < -0.39 is 0 Å². The van der Waals surface area contributed by atoms with E-state index in [2.05, 4.69) is 0 Å². The van der Waals surface area contributed by atoms with Gasteiger partial charge in [-0.3, -0.25) is 4.79 Å². The third-order valence-corrected chi connectivity index (χ3v) is 5.46. The molecule has 0 radical (unpaired) electrons. The predicted octanol–water partition coefficient (Wildman–Crippen LogP) is 2.42. The van der Waals surface area contributed by atoms with Crippen molar-refractivity contribution in [3.05, 3.63) is 35.4 Å². The van der Waals surface area contributed by atoms with Gasteiger partial charge in [-0.05, 0) is 30.4 Å². The number of carbonyl (C=O) groups excluding carboxylic acids is 1. The van der Waals surface area contributed by atoms with E-state index in [1.54, 1.807) is 14.2 Å². The van der Waals surface area contributed by atoms with Gasteiger partial charge >= 0.3 is 0 Å². The molecule has 0 aromatic heterocycles. The van der Waals surface area contributed by atoms with E-state index in [9.17, 15) is 4.79 Å². The summed E-state index contributed by atoms with van der Waals surface area (Å²) in [5.74, 6) is 0.194. The van der Waals surface area contributed by atoms with Crippen molar-refractivity contribution in [1.29, 1.82) is 0 Å². The van der Waals surface area contributed by atoms with Crippen LogP contribution < -0.4 is 0 Å². The van der Waals surface area contributed by atoms with Gasteiger partial charge in [-0.2, -0.15) is 0 Å². The van der Waals surface area contributed by atoms with E-state index in [4.69, 9.17) is 14.2 Å². The molecule has 1 aromatic rings. The zero-order valence-corrected chi connectivity index (χ0v) is 15.3. The number of methoxy groups -OCH3 is 2. The number of ether oxygens (including phenoxy) is 3. The Hall–Kier alpha value is -1.43. The van der Waals surface area contributed by atoms with Gasteiger partial charge in [0, 0.05) is 39.3 Å². The average molecular weight is 347 g/mol. The van der Waals surface area contributed by atoms with Gasteiger partial charge in [-0.15, -0.1) is 0 Å². The summed E-state index contributed by atoms with van der Waals surface area (Å²) in [6, 6.07) is 8.10. The van der Waals surface area contributed by atoms with Crippen molar-refractivity contribution in [1.82, 2.24) is 4.90 Å². The molecule has 0 saturated carbocycles. The molecule has 3 rings (SSSR count). The van der Waals surface area contributed by atoms with Crippen LogP contribution in [0, 0.1) is 5.41 Å². The van der Waals surface area contributed by atoms with Crippen molar-refractivity contribution >= 4 is 5.91 Å². The summed E-state index contributed by atoms with van der Waals surface area (Å²) in [5.41, 5.74) is 2.13. The van der Waals surface area contributed by atoms with E-state index in [1.807, 2.05) is 29.2 Å². The summed E-state index contributed by atoms with van der Waals surface area (Å²) in [4.78, 5) is 14.8. The molecule has 138 valence electrons. The van der Waals surface area contributed by atoms with Crippen LogP contribution in [0.25, 0.3) is 0 Å². The van der Waals surface area contributed by atoms with E-state index in [0.717, 1.165) is 50.1 Å². The monoisotopic (exact) mass is 347 g/mol. The minimum absolute atomic E-state index is 0.0385. The van der Waals surface area contributed by atoms with Crippen molar-refractivity contribution in [2.75, 3.05) is 40.5 Å². The Bertz CT molecular complexity index is 570. The molecule has 25 heavy (non-hydrogen) atoms.